The Bertz CT molecular complexity index is 900. The molecule has 0 saturated heterocycles. The lowest BCUT2D eigenvalue weighted by atomic mass is 9.76. The van der Waals surface area contributed by atoms with Crippen LogP contribution in [0.25, 0.3) is 6.08 Å². The molecule has 0 heterocycles. The minimum Gasteiger partial charge on any atom is -0.468 e. The van der Waals surface area contributed by atoms with Crippen molar-refractivity contribution in [3.05, 3.63) is 76.4 Å². The van der Waals surface area contributed by atoms with Crippen LogP contribution < -0.4 is 0 Å². The lowest BCUT2D eigenvalue weighted by Crippen LogP contribution is -2.35. The number of rotatable bonds is 3. The number of Topliss-reactive ketones (excluding diaryl/α,β-unsaturated/α-hetero) is 1. The predicted molar refractivity (Wildman–Crippen MR) is 93.4 cm³/mol. The van der Waals surface area contributed by atoms with Gasteiger partial charge in [0, 0.05) is 6.42 Å². The third-order valence-electron chi connectivity index (χ3n) is 4.88. The van der Waals surface area contributed by atoms with Crippen LogP contribution in [-0.2, 0) is 19.7 Å². The maximum atomic E-state index is 14.1. The highest BCUT2D eigenvalue weighted by Crippen LogP contribution is 2.45. The summed E-state index contributed by atoms with van der Waals surface area (Å²) in [5.74, 6) is -1.58. The molecule has 1 saturated carbocycles. The molecule has 134 valence electrons. The second kappa shape index (κ2) is 6.83. The molecule has 1 aliphatic carbocycles. The molecule has 3 nitrogen and oxygen atoms in total. The molecule has 1 aliphatic rings. The highest BCUT2D eigenvalue weighted by atomic mass is 19.1. The van der Waals surface area contributed by atoms with Crippen LogP contribution in [0.5, 0.6) is 0 Å². The summed E-state index contributed by atoms with van der Waals surface area (Å²) < 4.78 is 32.1. The second-order valence-corrected chi connectivity index (χ2v) is 6.48. The third-order valence-corrected chi connectivity index (χ3v) is 4.88. The Morgan fingerprint density at radius 1 is 1.12 bits per heavy atom. The van der Waals surface area contributed by atoms with Crippen molar-refractivity contribution in [2.24, 2.45) is 0 Å². The smallest absolute Gasteiger partial charge is 0.317 e. The molecule has 5 heteroatoms. The van der Waals surface area contributed by atoms with E-state index in [9.17, 15) is 18.4 Å². The highest BCUT2D eigenvalue weighted by Gasteiger charge is 2.50. The zero-order valence-corrected chi connectivity index (χ0v) is 14.5. The van der Waals surface area contributed by atoms with Gasteiger partial charge in [0.15, 0.2) is 5.78 Å². The monoisotopic (exact) mass is 356 g/mol. The average Bonchev–Trinajstić information content (AvgIpc) is 2.96. The number of allylic oxidation sites excluding steroid dienone is 1. The largest absolute Gasteiger partial charge is 0.468 e. The van der Waals surface area contributed by atoms with Crippen LogP contribution >= 0.6 is 0 Å². The molecule has 0 radical (unpaired) electrons. The van der Waals surface area contributed by atoms with Crippen LogP contribution in [0.2, 0.25) is 0 Å². The van der Waals surface area contributed by atoms with Crippen molar-refractivity contribution in [3.63, 3.8) is 0 Å². The Hall–Kier alpha value is -2.82. The summed E-state index contributed by atoms with van der Waals surface area (Å²) in [4.78, 5) is 25.2. The first kappa shape index (κ1) is 18.0. The van der Waals surface area contributed by atoms with Gasteiger partial charge in [-0.05, 0) is 59.9 Å². The van der Waals surface area contributed by atoms with Gasteiger partial charge in [0.2, 0.25) is 0 Å². The lowest BCUT2D eigenvalue weighted by molar-refractivity contribution is -0.148. The summed E-state index contributed by atoms with van der Waals surface area (Å²) in [6, 6.07) is 10.2. The molecule has 2 aromatic rings. The van der Waals surface area contributed by atoms with Crippen molar-refractivity contribution < 1.29 is 23.1 Å². The minimum absolute atomic E-state index is 0.0863. The van der Waals surface area contributed by atoms with Gasteiger partial charge in [-0.25, -0.2) is 8.78 Å². The van der Waals surface area contributed by atoms with Crippen LogP contribution in [0.1, 0.15) is 29.5 Å². The molecule has 0 spiro atoms. The number of methoxy groups -OCH3 is 1. The molecule has 0 amide bonds. The zero-order valence-electron chi connectivity index (χ0n) is 14.5. The Morgan fingerprint density at radius 2 is 1.81 bits per heavy atom. The number of carbonyl (C=O) groups excluding carboxylic acids is 2. The fraction of sp³-hybridized carbons (Fsp3) is 0.238. The lowest BCUT2D eigenvalue weighted by Gasteiger charge is -2.27. The standard InChI is InChI=1S/C21H18F2O3/c1-13-17(4-3-5-18(13)23)21(20(25)26-2)11-15(19(24)12-21)10-14-6-8-16(22)9-7-14/h3-10H,11-12H2,1-2H3/b15-10-/t21-/m1/s1. The van der Waals surface area contributed by atoms with Crippen molar-refractivity contribution in [2.75, 3.05) is 7.11 Å². The summed E-state index contributed by atoms with van der Waals surface area (Å²) >= 11 is 0. The van der Waals surface area contributed by atoms with Crippen LogP contribution in [0.3, 0.4) is 0 Å². The number of carbonyl (C=O) groups is 2. The van der Waals surface area contributed by atoms with Gasteiger partial charge in [0.25, 0.3) is 0 Å². The summed E-state index contributed by atoms with van der Waals surface area (Å²) in [5.41, 5.74) is 0.634. The molecule has 0 N–H and O–H groups in total. The SMILES string of the molecule is COC(=O)[C@@]1(c2cccc(F)c2C)CC(=O)/C(=C\c2ccc(F)cc2)C1. The van der Waals surface area contributed by atoms with Crippen molar-refractivity contribution >= 4 is 17.8 Å². The molecule has 26 heavy (non-hydrogen) atoms. The summed E-state index contributed by atoms with van der Waals surface area (Å²) in [6.45, 7) is 1.58. The number of hydrogen-bond donors (Lipinski definition) is 0. The van der Waals surface area contributed by atoms with Gasteiger partial charge in [-0.3, -0.25) is 9.59 Å². The number of esters is 1. The molecular formula is C21H18F2O3. The zero-order chi connectivity index (χ0) is 18.9. The topological polar surface area (TPSA) is 43.4 Å². The Labute approximate surface area is 150 Å². The summed E-state index contributed by atoms with van der Waals surface area (Å²) in [5, 5.41) is 0. The van der Waals surface area contributed by atoms with Gasteiger partial charge in [-0.1, -0.05) is 24.3 Å². The molecule has 2 aromatic carbocycles. The van der Waals surface area contributed by atoms with Gasteiger partial charge < -0.3 is 4.74 Å². The van der Waals surface area contributed by atoms with E-state index in [0.29, 0.717) is 22.3 Å². The number of hydrogen-bond acceptors (Lipinski definition) is 3. The maximum absolute atomic E-state index is 14.1. The molecule has 1 atom stereocenters. The Kier molecular flexibility index (Phi) is 4.72. The normalized spacial score (nSPS) is 21.2. The van der Waals surface area contributed by atoms with E-state index >= 15 is 0 Å². The number of halogens is 2. The van der Waals surface area contributed by atoms with E-state index in [0.717, 1.165) is 0 Å². The first-order valence-electron chi connectivity index (χ1n) is 8.21. The first-order valence-corrected chi connectivity index (χ1v) is 8.21. The van der Waals surface area contributed by atoms with Gasteiger partial charge in [-0.2, -0.15) is 0 Å². The Morgan fingerprint density at radius 3 is 2.46 bits per heavy atom. The van der Waals surface area contributed by atoms with Crippen LogP contribution in [0.15, 0.2) is 48.0 Å². The molecule has 0 bridgehead atoms. The van der Waals surface area contributed by atoms with Gasteiger partial charge in [0.05, 0.1) is 7.11 Å². The Balaban J connectivity index is 2.08. The molecular weight excluding hydrogens is 338 g/mol. The van der Waals surface area contributed by atoms with Crippen molar-refractivity contribution in [1.29, 1.82) is 0 Å². The summed E-state index contributed by atoms with van der Waals surface area (Å²) in [6.07, 6.45) is 1.66. The van der Waals surface area contributed by atoms with E-state index < -0.39 is 17.2 Å². The van der Waals surface area contributed by atoms with Crippen LogP contribution in [-0.4, -0.2) is 18.9 Å². The fourth-order valence-electron chi connectivity index (χ4n) is 3.53. The molecule has 1 fully saturated rings. The highest BCUT2D eigenvalue weighted by molar-refractivity contribution is 6.08. The second-order valence-electron chi connectivity index (χ2n) is 6.48. The van der Waals surface area contributed by atoms with E-state index in [4.69, 9.17) is 4.74 Å². The quantitative estimate of drug-likeness (QED) is 0.613. The number of ketones is 1. The maximum Gasteiger partial charge on any atom is 0.317 e. The fourth-order valence-corrected chi connectivity index (χ4v) is 3.53. The van der Waals surface area contributed by atoms with Crippen molar-refractivity contribution in [3.8, 4) is 0 Å². The van der Waals surface area contributed by atoms with E-state index in [2.05, 4.69) is 0 Å². The van der Waals surface area contributed by atoms with Gasteiger partial charge >= 0.3 is 5.97 Å². The van der Waals surface area contributed by atoms with Crippen LogP contribution in [0.4, 0.5) is 8.78 Å². The van der Waals surface area contributed by atoms with E-state index in [1.807, 2.05) is 0 Å². The molecule has 0 aliphatic heterocycles. The molecule has 3 rings (SSSR count). The van der Waals surface area contributed by atoms with E-state index in [-0.39, 0.29) is 24.4 Å². The van der Waals surface area contributed by atoms with Crippen molar-refractivity contribution in [2.45, 2.75) is 25.2 Å². The van der Waals surface area contributed by atoms with E-state index in [1.54, 1.807) is 31.2 Å². The third kappa shape index (κ3) is 3.05. The minimum atomic E-state index is -1.25. The molecule has 0 aromatic heterocycles. The van der Waals surface area contributed by atoms with Gasteiger partial charge in [-0.15, -0.1) is 0 Å². The number of benzene rings is 2. The number of ether oxygens (including phenoxy) is 1. The molecule has 0 unspecified atom stereocenters. The van der Waals surface area contributed by atoms with Crippen LogP contribution in [0, 0.1) is 18.6 Å². The average molecular weight is 356 g/mol. The van der Waals surface area contributed by atoms with E-state index in [1.165, 1.54) is 31.4 Å². The first-order chi connectivity index (χ1) is 12.4. The predicted octanol–water partition coefficient (Wildman–Crippen LogP) is 4.13. The van der Waals surface area contributed by atoms with Gasteiger partial charge in [0.1, 0.15) is 17.0 Å². The summed E-state index contributed by atoms with van der Waals surface area (Å²) in [7, 11) is 1.25. The van der Waals surface area contributed by atoms with Crippen molar-refractivity contribution in [1.82, 2.24) is 0 Å².